The van der Waals surface area contributed by atoms with Crippen LogP contribution in [0, 0.1) is 0 Å². The van der Waals surface area contributed by atoms with Gasteiger partial charge in [-0.05, 0) is 42.4 Å². The van der Waals surface area contributed by atoms with Crippen LogP contribution in [0.25, 0.3) is 0 Å². The Hall–Kier alpha value is -1.00. The van der Waals surface area contributed by atoms with E-state index in [-0.39, 0.29) is 11.9 Å². The summed E-state index contributed by atoms with van der Waals surface area (Å²) >= 11 is 1.74. The van der Waals surface area contributed by atoms with Crippen LogP contribution < -0.4 is 5.73 Å². The summed E-state index contributed by atoms with van der Waals surface area (Å²) in [6.07, 6.45) is 4.69. The summed E-state index contributed by atoms with van der Waals surface area (Å²) in [7, 11) is 0. The van der Waals surface area contributed by atoms with Gasteiger partial charge >= 0.3 is 0 Å². The lowest BCUT2D eigenvalue weighted by atomic mass is 10.0. The number of benzene rings is 1. The van der Waals surface area contributed by atoms with E-state index in [4.69, 9.17) is 5.73 Å². The second kappa shape index (κ2) is 6.96. The molecule has 3 nitrogen and oxygen atoms in total. The predicted molar refractivity (Wildman–Crippen MR) is 81.4 cm³/mol. The number of carbonyl (C=O) groups is 1. The number of amides is 1. The van der Waals surface area contributed by atoms with Gasteiger partial charge in [0.25, 0.3) is 0 Å². The van der Waals surface area contributed by atoms with Gasteiger partial charge in [0.05, 0.1) is 6.04 Å². The molecule has 0 unspecified atom stereocenters. The van der Waals surface area contributed by atoms with E-state index >= 15 is 0 Å². The van der Waals surface area contributed by atoms with Crippen molar-refractivity contribution in [3.8, 4) is 0 Å². The Labute approximate surface area is 119 Å². The number of fused-ring (bicyclic) bond motifs is 1. The van der Waals surface area contributed by atoms with E-state index in [0.717, 1.165) is 38.1 Å². The third kappa shape index (κ3) is 3.74. The van der Waals surface area contributed by atoms with Crippen LogP contribution in [0.5, 0.6) is 0 Å². The third-order valence-corrected chi connectivity index (χ3v) is 4.33. The molecule has 2 rings (SSSR count). The van der Waals surface area contributed by atoms with Crippen molar-refractivity contribution in [2.45, 2.75) is 25.3 Å². The topological polar surface area (TPSA) is 46.3 Å². The van der Waals surface area contributed by atoms with Crippen molar-refractivity contribution in [3.05, 3.63) is 35.4 Å². The van der Waals surface area contributed by atoms with Crippen molar-refractivity contribution in [1.82, 2.24) is 4.90 Å². The normalized spacial score (nSPS) is 16.6. The zero-order chi connectivity index (χ0) is 13.7. The van der Waals surface area contributed by atoms with E-state index in [1.807, 2.05) is 11.2 Å². The number of carbonyl (C=O) groups excluding carboxylic acids is 1. The van der Waals surface area contributed by atoms with E-state index in [0.29, 0.717) is 0 Å². The Kier molecular flexibility index (Phi) is 5.28. The largest absolute Gasteiger partial charge is 0.341 e. The van der Waals surface area contributed by atoms with E-state index in [9.17, 15) is 4.79 Å². The first-order valence-electron chi connectivity index (χ1n) is 6.82. The van der Waals surface area contributed by atoms with Crippen LogP contribution in [-0.2, 0) is 17.6 Å². The smallest absolute Gasteiger partial charge is 0.239 e. The minimum absolute atomic E-state index is 0.113. The van der Waals surface area contributed by atoms with Gasteiger partial charge in [-0.2, -0.15) is 11.8 Å². The number of hydrogen-bond acceptors (Lipinski definition) is 3. The molecule has 0 aliphatic carbocycles. The van der Waals surface area contributed by atoms with Crippen LogP contribution in [0.2, 0.25) is 0 Å². The summed E-state index contributed by atoms with van der Waals surface area (Å²) in [5.74, 6) is 1.06. The third-order valence-electron chi connectivity index (χ3n) is 3.68. The van der Waals surface area contributed by atoms with Gasteiger partial charge in [-0.25, -0.2) is 0 Å². The molecule has 0 saturated heterocycles. The standard InChI is InChI=1S/C15H22N2OS/c1-19-11-8-14(16)15(18)17-9-6-12-4-2-3-5-13(12)7-10-17/h2-5,14H,6-11,16H2,1H3/t14-/m1/s1. The van der Waals surface area contributed by atoms with Gasteiger partial charge in [0.2, 0.25) is 5.91 Å². The second-order valence-corrected chi connectivity index (χ2v) is 5.97. The molecule has 1 aromatic carbocycles. The lowest BCUT2D eigenvalue weighted by Gasteiger charge is -2.23. The summed E-state index contributed by atoms with van der Waals surface area (Å²) in [5.41, 5.74) is 8.73. The Bertz CT molecular complexity index is 409. The monoisotopic (exact) mass is 278 g/mol. The molecule has 0 aromatic heterocycles. The van der Waals surface area contributed by atoms with Crippen LogP contribution in [-0.4, -0.2) is 41.9 Å². The van der Waals surface area contributed by atoms with Crippen molar-refractivity contribution in [2.75, 3.05) is 25.1 Å². The average Bonchev–Trinajstić information content (AvgIpc) is 2.66. The highest BCUT2D eigenvalue weighted by Crippen LogP contribution is 2.16. The zero-order valence-electron chi connectivity index (χ0n) is 11.5. The maximum absolute atomic E-state index is 12.3. The van der Waals surface area contributed by atoms with Crippen molar-refractivity contribution in [1.29, 1.82) is 0 Å². The molecule has 0 bridgehead atoms. The highest BCUT2D eigenvalue weighted by Gasteiger charge is 2.22. The van der Waals surface area contributed by atoms with E-state index in [2.05, 4.69) is 24.3 Å². The fourth-order valence-corrected chi connectivity index (χ4v) is 2.98. The fraction of sp³-hybridized carbons (Fsp3) is 0.533. The first kappa shape index (κ1) is 14.4. The lowest BCUT2D eigenvalue weighted by molar-refractivity contribution is -0.132. The number of nitrogens with zero attached hydrogens (tertiary/aromatic N) is 1. The van der Waals surface area contributed by atoms with Gasteiger partial charge in [-0.15, -0.1) is 0 Å². The SMILES string of the molecule is CSCC[C@@H](N)C(=O)N1CCc2ccccc2CC1. The summed E-state index contributed by atoms with van der Waals surface area (Å²) in [6, 6.07) is 8.13. The molecule has 1 amide bonds. The molecular formula is C15H22N2OS. The zero-order valence-corrected chi connectivity index (χ0v) is 12.3. The Balaban J connectivity index is 1.95. The summed E-state index contributed by atoms with van der Waals surface area (Å²) < 4.78 is 0. The van der Waals surface area contributed by atoms with E-state index in [1.165, 1.54) is 11.1 Å². The van der Waals surface area contributed by atoms with Crippen LogP contribution in [0.15, 0.2) is 24.3 Å². The first-order valence-corrected chi connectivity index (χ1v) is 8.22. The molecule has 2 N–H and O–H groups in total. The molecule has 104 valence electrons. The number of rotatable bonds is 4. The maximum atomic E-state index is 12.3. The second-order valence-electron chi connectivity index (χ2n) is 4.98. The number of nitrogens with two attached hydrogens (primary N) is 1. The van der Waals surface area contributed by atoms with E-state index in [1.54, 1.807) is 11.8 Å². The highest BCUT2D eigenvalue weighted by atomic mass is 32.2. The Morgan fingerprint density at radius 2 is 1.89 bits per heavy atom. The molecule has 0 fully saturated rings. The summed E-state index contributed by atoms with van der Waals surface area (Å²) in [4.78, 5) is 14.2. The van der Waals surface area contributed by atoms with Crippen molar-refractivity contribution in [2.24, 2.45) is 5.73 Å². The van der Waals surface area contributed by atoms with Crippen LogP contribution in [0.4, 0.5) is 0 Å². The lowest BCUT2D eigenvalue weighted by Crippen LogP contribution is -2.45. The van der Waals surface area contributed by atoms with Gasteiger partial charge in [-0.3, -0.25) is 4.79 Å². The Morgan fingerprint density at radius 1 is 1.32 bits per heavy atom. The molecule has 1 aromatic rings. The van der Waals surface area contributed by atoms with E-state index < -0.39 is 0 Å². The van der Waals surface area contributed by atoms with Crippen LogP contribution >= 0.6 is 11.8 Å². The number of thioether (sulfide) groups is 1. The predicted octanol–water partition coefficient (Wildman–Crippen LogP) is 1.69. The van der Waals surface area contributed by atoms with Gasteiger partial charge < -0.3 is 10.6 Å². The molecule has 0 spiro atoms. The van der Waals surface area contributed by atoms with Gasteiger partial charge in [0, 0.05) is 13.1 Å². The molecule has 1 atom stereocenters. The Morgan fingerprint density at radius 3 is 2.42 bits per heavy atom. The molecule has 4 heteroatoms. The fourth-order valence-electron chi connectivity index (χ4n) is 2.49. The molecule has 0 saturated carbocycles. The number of hydrogen-bond donors (Lipinski definition) is 1. The molecule has 1 aliphatic rings. The molecular weight excluding hydrogens is 256 g/mol. The molecule has 0 radical (unpaired) electrons. The van der Waals surface area contributed by atoms with Gasteiger partial charge in [-0.1, -0.05) is 24.3 Å². The van der Waals surface area contributed by atoms with Gasteiger partial charge in [0.15, 0.2) is 0 Å². The average molecular weight is 278 g/mol. The van der Waals surface area contributed by atoms with Crippen molar-refractivity contribution < 1.29 is 4.79 Å². The molecule has 19 heavy (non-hydrogen) atoms. The minimum atomic E-state index is -0.339. The summed E-state index contributed by atoms with van der Waals surface area (Å²) in [5, 5.41) is 0. The van der Waals surface area contributed by atoms with Crippen LogP contribution in [0.1, 0.15) is 17.5 Å². The maximum Gasteiger partial charge on any atom is 0.239 e. The summed E-state index contributed by atoms with van der Waals surface area (Å²) in [6.45, 7) is 1.59. The van der Waals surface area contributed by atoms with Crippen molar-refractivity contribution >= 4 is 17.7 Å². The molecule has 1 heterocycles. The quantitative estimate of drug-likeness (QED) is 0.912. The first-order chi connectivity index (χ1) is 9.22. The van der Waals surface area contributed by atoms with Crippen LogP contribution in [0.3, 0.4) is 0 Å². The molecule has 1 aliphatic heterocycles. The van der Waals surface area contributed by atoms with Crippen molar-refractivity contribution in [3.63, 3.8) is 0 Å². The highest BCUT2D eigenvalue weighted by molar-refractivity contribution is 7.98. The minimum Gasteiger partial charge on any atom is -0.341 e. The van der Waals surface area contributed by atoms with Gasteiger partial charge in [0.1, 0.15) is 0 Å².